The van der Waals surface area contributed by atoms with E-state index >= 15 is 0 Å². The summed E-state index contributed by atoms with van der Waals surface area (Å²) in [6.07, 6.45) is 11.8. The molecule has 0 spiro atoms. The maximum atomic E-state index is 10.8. The van der Waals surface area contributed by atoms with Gasteiger partial charge in [0.05, 0.1) is 18.6 Å². The van der Waals surface area contributed by atoms with Gasteiger partial charge in [-0.15, -0.1) is 0 Å². The molecule has 5 rings (SSSR count). The van der Waals surface area contributed by atoms with Crippen molar-refractivity contribution in [2.45, 2.75) is 89.2 Å². The van der Waals surface area contributed by atoms with Crippen LogP contribution in [0.5, 0.6) is 5.75 Å². The zero-order chi connectivity index (χ0) is 26.3. The molecule has 2 N–H and O–H groups in total. The fourth-order valence-corrected chi connectivity index (χ4v) is 7.02. The summed E-state index contributed by atoms with van der Waals surface area (Å²) in [5.74, 6) is 1.48. The van der Waals surface area contributed by atoms with Gasteiger partial charge in [-0.1, -0.05) is 24.3 Å². The van der Waals surface area contributed by atoms with E-state index in [0.717, 1.165) is 50.2 Å². The van der Waals surface area contributed by atoms with Crippen LogP contribution < -0.4 is 10.1 Å². The van der Waals surface area contributed by atoms with Gasteiger partial charge < -0.3 is 14.7 Å². The van der Waals surface area contributed by atoms with Crippen LogP contribution in [0.1, 0.15) is 68.2 Å². The van der Waals surface area contributed by atoms with Gasteiger partial charge in [-0.3, -0.25) is 10.2 Å². The summed E-state index contributed by atoms with van der Waals surface area (Å²) in [6, 6.07) is 8.15. The van der Waals surface area contributed by atoms with Crippen molar-refractivity contribution in [3.8, 4) is 11.8 Å². The van der Waals surface area contributed by atoms with Gasteiger partial charge in [0.1, 0.15) is 12.0 Å². The molecule has 1 aromatic carbocycles. The van der Waals surface area contributed by atoms with E-state index in [1.54, 1.807) is 0 Å². The Kier molecular flexibility index (Phi) is 7.53. The number of benzene rings is 1. The highest BCUT2D eigenvalue weighted by molar-refractivity contribution is 5.46. The number of allylic oxidation sites excluding steroid dienone is 2. The third kappa shape index (κ3) is 5.00. The van der Waals surface area contributed by atoms with Gasteiger partial charge in [0.2, 0.25) is 0 Å². The lowest BCUT2D eigenvalue weighted by Gasteiger charge is -2.26. The molecular formula is C31H44N4O2. The molecule has 1 saturated heterocycles. The van der Waals surface area contributed by atoms with Crippen molar-refractivity contribution >= 4 is 0 Å². The second-order valence-corrected chi connectivity index (χ2v) is 11.9. The van der Waals surface area contributed by atoms with Crippen molar-refractivity contribution in [2.75, 3.05) is 27.2 Å². The number of fused-ring (bicyclic) bond motifs is 1. The van der Waals surface area contributed by atoms with Crippen LogP contribution in [0, 0.1) is 37.0 Å². The third-order valence-electron chi connectivity index (χ3n) is 9.43. The summed E-state index contributed by atoms with van der Waals surface area (Å²) < 4.78 is 6.16. The number of unbranched alkanes of at least 4 members (excludes halogenated alkanes) is 1. The van der Waals surface area contributed by atoms with Crippen molar-refractivity contribution in [3.63, 3.8) is 0 Å². The normalized spacial score (nSPS) is 33.1. The molecule has 1 aromatic rings. The number of hydrogen-bond donors (Lipinski definition) is 2. The van der Waals surface area contributed by atoms with Crippen LogP contribution in [-0.4, -0.2) is 66.0 Å². The predicted molar refractivity (Wildman–Crippen MR) is 147 cm³/mol. The van der Waals surface area contributed by atoms with Gasteiger partial charge in [0.15, 0.2) is 0 Å². The Morgan fingerprint density at radius 2 is 2.08 bits per heavy atom. The first-order chi connectivity index (χ1) is 17.8. The summed E-state index contributed by atoms with van der Waals surface area (Å²) in [5.41, 5.74) is 5.15. The second kappa shape index (κ2) is 10.5. The number of rotatable bonds is 12. The fourth-order valence-electron chi connectivity index (χ4n) is 7.02. The molecule has 0 bridgehead atoms. The highest BCUT2D eigenvalue weighted by Gasteiger charge is 2.77. The molecule has 1 heterocycles. The number of aliphatic hydroxyl groups is 1. The molecular weight excluding hydrogens is 460 g/mol. The summed E-state index contributed by atoms with van der Waals surface area (Å²) in [4.78, 5) is 4.97. The SMILES string of the molecule is Cc1c(OCCCCN(C)C)ccc(C(C)N2C3CCC32C2CC2NC(O)C2=CC(C#N)CC=C2)c1C. The predicted octanol–water partition coefficient (Wildman–Crippen LogP) is 4.62. The van der Waals surface area contributed by atoms with Gasteiger partial charge in [-0.25, -0.2) is 0 Å². The summed E-state index contributed by atoms with van der Waals surface area (Å²) in [5, 5.41) is 23.5. The quantitative estimate of drug-likeness (QED) is 0.246. The minimum Gasteiger partial charge on any atom is -0.493 e. The largest absolute Gasteiger partial charge is 0.493 e. The molecule has 8 unspecified atom stereocenters. The number of ether oxygens (including phenoxy) is 1. The first-order valence-corrected chi connectivity index (χ1v) is 14.2. The van der Waals surface area contributed by atoms with Crippen LogP contribution in [0.3, 0.4) is 0 Å². The van der Waals surface area contributed by atoms with Crippen LogP contribution in [0.25, 0.3) is 0 Å². The van der Waals surface area contributed by atoms with Gasteiger partial charge in [0, 0.05) is 23.7 Å². The van der Waals surface area contributed by atoms with Gasteiger partial charge in [0.25, 0.3) is 0 Å². The number of likely N-dealkylation sites (tertiary alicyclic amines) is 1. The van der Waals surface area contributed by atoms with E-state index in [2.05, 4.69) is 68.2 Å². The van der Waals surface area contributed by atoms with Crippen molar-refractivity contribution in [1.82, 2.24) is 15.1 Å². The molecule has 200 valence electrons. The monoisotopic (exact) mass is 504 g/mol. The van der Waals surface area contributed by atoms with E-state index in [1.807, 2.05) is 18.2 Å². The minimum atomic E-state index is -0.692. The lowest BCUT2D eigenvalue weighted by molar-refractivity contribution is 0.166. The molecule has 8 atom stereocenters. The first kappa shape index (κ1) is 26.4. The number of nitriles is 1. The van der Waals surface area contributed by atoms with Crippen LogP contribution >= 0.6 is 0 Å². The highest BCUT2D eigenvalue weighted by Crippen LogP contribution is 2.69. The smallest absolute Gasteiger partial charge is 0.131 e. The number of nitrogens with one attached hydrogen (secondary N) is 1. The molecule has 0 aromatic heterocycles. The Balaban J connectivity index is 1.18. The maximum Gasteiger partial charge on any atom is 0.131 e. The number of hydrogen-bond acceptors (Lipinski definition) is 6. The molecule has 3 aliphatic carbocycles. The zero-order valence-electron chi connectivity index (χ0n) is 23.2. The third-order valence-corrected chi connectivity index (χ3v) is 9.43. The second-order valence-electron chi connectivity index (χ2n) is 11.9. The number of aliphatic hydroxyl groups excluding tert-OH is 1. The summed E-state index contributed by atoms with van der Waals surface area (Å²) >= 11 is 0. The Hall–Kier alpha value is -2.17. The minimum absolute atomic E-state index is 0.132. The van der Waals surface area contributed by atoms with E-state index in [0.29, 0.717) is 29.6 Å². The fraction of sp³-hybridized carbons (Fsp3) is 0.645. The number of nitrogens with zero attached hydrogens (tertiary/aromatic N) is 3. The van der Waals surface area contributed by atoms with E-state index in [9.17, 15) is 10.4 Å². The van der Waals surface area contributed by atoms with Crippen molar-refractivity contribution < 1.29 is 9.84 Å². The lowest BCUT2D eigenvalue weighted by Crippen LogP contribution is -2.38. The molecule has 1 aliphatic heterocycles. The summed E-state index contributed by atoms with van der Waals surface area (Å²) in [7, 11) is 4.23. The van der Waals surface area contributed by atoms with E-state index in [4.69, 9.17) is 4.74 Å². The average molecular weight is 505 g/mol. The topological polar surface area (TPSA) is 71.5 Å². The van der Waals surface area contributed by atoms with Crippen LogP contribution in [-0.2, 0) is 0 Å². The molecule has 6 nitrogen and oxygen atoms in total. The van der Waals surface area contributed by atoms with Gasteiger partial charge in [-0.05, 0) is 114 Å². The Morgan fingerprint density at radius 3 is 2.78 bits per heavy atom. The maximum absolute atomic E-state index is 10.8. The van der Waals surface area contributed by atoms with Crippen molar-refractivity contribution in [1.29, 1.82) is 5.26 Å². The summed E-state index contributed by atoms with van der Waals surface area (Å²) in [6.45, 7) is 8.68. The van der Waals surface area contributed by atoms with Gasteiger partial charge in [-0.2, -0.15) is 5.26 Å². The molecule has 0 radical (unpaired) electrons. The zero-order valence-corrected chi connectivity index (χ0v) is 23.2. The molecule has 0 amide bonds. The Morgan fingerprint density at radius 1 is 1.27 bits per heavy atom. The Labute approximate surface area is 223 Å². The molecule has 37 heavy (non-hydrogen) atoms. The molecule has 3 fully saturated rings. The van der Waals surface area contributed by atoms with E-state index < -0.39 is 6.23 Å². The van der Waals surface area contributed by atoms with E-state index in [-0.39, 0.29) is 5.92 Å². The standard InChI is InChI=1S/C31H44N4O2/c1-20-21(2)28(37-16-7-6-15-34(4)5)12-11-25(20)22(3)35-29-13-14-31(29,35)26-18-27(26)33-30(36)24-10-8-9-23(17-24)19-32/h8,10-12,17,22-23,26-27,29-30,33,36H,6-7,9,13-16,18H2,1-5H3. The highest BCUT2D eigenvalue weighted by atomic mass is 16.5. The van der Waals surface area contributed by atoms with Crippen LogP contribution in [0.4, 0.5) is 0 Å². The molecule has 6 heteroatoms. The molecule has 4 aliphatic rings. The lowest BCUT2D eigenvalue weighted by atomic mass is 9.81. The Bertz CT molecular complexity index is 1110. The van der Waals surface area contributed by atoms with E-state index in [1.165, 1.54) is 29.5 Å². The van der Waals surface area contributed by atoms with Crippen LogP contribution in [0.2, 0.25) is 0 Å². The van der Waals surface area contributed by atoms with Crippen molar-refractivity contribution in [3.05, 3.63) is 52.6 Å². The molecule has 2 saturated carbocycles. The first-order valence-electron chi connectivity index (χ1n) is 14.2. The van der Waals surface area contributed by atoms with Gasteiger partial charge >= 0.3 is 0 Å². The average Bonchev–Trinajstić information content (AvgIpc) is 3.73. The van der Waals surface area contributed by atoms with Crippen molar-refractivity contribution in [2.24, 2.45) is 11.8 Å². The van der Waals surface area contributed by atoms with Crippen LogP contribution in [0.15, 0.2) is 35.9 Å².